The Bertz CT molecular complexity index is 827. The van der Waals surface area contributed by atoms with E-state index in [1.807, 2.05) is 0 Å². The van der Waals surface area contributed by atoms with Crippen LogP contribution in [0.4, 0.5) is 16.2 Å². The fraction of sp³-hybridized carbons (Fsp3) is 0.0625. The minimum absolute atomic E-state index is 0.0661. The lowest BCUT2D eigenvalue weighted by molar-refractivity contribution is 0.440. The second-order valence-corrected chi connectivity index (χ2v) is 5.23. The highest BCUT2D eigenvalue weighted by Gasteiger charge is 2.07. The predicted octanol–water partition coefficient (Wildman–Crippen LogP) is 3.65. The fourth-order valence-corrected chi connectivity index (χ4v) is 2.18. The van der Waals surface area contributed by atoms with Gasteiger partial charge in [-0.2, -0.15) is 4.98 Å². The van der Waals surface area contributed by atoms with E-state index in [9.17, 15) is 4.39 Å². The predicted molar refractivity (Wildman–Crippen MR) is 89.5 cm³/mol. The third-order valence-corrected chi connectivity index (χ3v) is 3.24. The Balaban J connectivity index is 1.68. The van der Waals surface area contributed by atoms with E-state index < -0.39 is 5.82 Å². The third kappa shape index (κ3) is 4.08. The molecule has 6 nitrogen and oxygen atoms in total. The molecule has 3 rings (SSSR count). The molecule has 24 heavy (non-hydrogen) atoms. The van der Waals surface area contributed by atoms with E-state index in [0.29, 0.717) is 23.7 Å². The molecule has 2 aromatic heterocycles. The smallest absolute Gasteiger partial charge is 0.223 e. The van der Waals surface area contributed by atoms with E-state index >= 15 is 0 Å². The van der Waals surface area contributed by atoms with Gasteiger partial charge in [0.05, 0.1) is 6.20 Å². The van der Waals surface area contributed by atoms with E-state index in [-0.39, 0.29) is 16.9 Å². The zero-order valence-corrected chi connectivity index (χ0v) is 13.2. The van der Waals surface area contributed by atoms with Crippen molar-refractivity contribution in [3.63, 3.8) is 0 Å². The third-order valence-electron chi connectivity index (χ3n) is 3.04. The topological polar surface area (TPSA) is 86.0 Å². The Morgan fingerprint density at radius 3 is 2.79 bits per heavy atom. The van der Waals surface area contributed by atoms with Crippen molar-refractivity contribution in [3.05, 3.63) is 65.3 Å². The standard InChI is InChI=1S/C16H13ClFN5O/c17-14-7-15(23-16(19)22-14)21-8-10-3-4-13(12(18)6-10)24-11-2-1-5-20-9-11/h1-7,9H,8H2,(H3,19,21,22,23). The number of hydrogen-bond donors (Lipinski definition) is 2. The molecule has 0 aliphatic carbocycles. The van der Waals surface area contributed by atoms with Crippen LogP contribution in [0.25, 0.3) is 0 Å². The summed E-state index contributed by atoms with van der Waals surface area (Å²) in [5, 5.41) is 3.24. The molecule has 0 fully saturated rings. The molecule has 0 amide bonds. The van der Waals surface area contributed by atoms with Crippen molar-refractivity contribution in [2.75, 3.05) is 11.1 Å². The summed E-state index contributed by atoms with van der Waals surface area (Å²) < 4.78 is 19.6. The molecular weight excluding hydrogens is 333 g/mol. The summed E-state index contributed by atoms with van der Waals surface area (Å²) in [7, 11) is 0. The van der Waals surface area contributed by atoms with Crippen LogP contribution in [0.1, 0.15) is 5.56 Å². The Morgan fingerprint density at radius 1 is 1.21 bits per heavy atom. The van der Waals surface area contributed by atoms with E-state index in [4.69, 9.17) is 22.1 Å². The van der Waals surface area contributed by atoms with Crippen LogP contribution in [-0.4, -0.2) is 15.0 Å². The SMILES string of the molecule is Nc1nc(Cl)cc(NCc2ccc(Oc3cccnc3)c(F)c2)n1. The van der Waals surface area contributed by atoms with Crippen molar-refractivity contribution in [3.8, 4) is 11.5 Å². The summed E-state index contributed by atoms with van der Waals surface area (Å²) in [6.45, 7) is 0.344. The van der Waals surface area contributed by atoms with Gasteiger partial charge in [-0.05, 0) is 29.8 Å². The first-order chi connectivity index (χ1) is 11.6. The molecule has 122 valence electrons. The quantitative estimate of drug-likeness (QED) is 0.686. The number of hydrogen-bond acceptors (Lipinski definition) is 6. The van der Waals surface area contributed by atoms with Crippen LogP contribution in [0, 0.1) is 5.82 Å². The van der Waals surface area contributed by atoms with E-state index in [0.717, 1.165) is 0 Å². The second kappa shape index (κ2) is 7.10. The number of benzene rings is 1. The van der Waals surface area contributed by atoms with Crippen molar-refractivity contribution in [1.29, 1.82) is 0 Å². The molecule has 3 N–H and O–H groups in total. The molecule has 0 bridgehead atoms. The van der Waals surface area contributed by atoms with Gasteiger partial charge in [-0.15, -0.1) is 0 Å². The van der Waals surface area contributed by atoms with Crippen LogP contribution in [0.3, 0.4) is 0 Å². The maximum absolute atomic E-state index is 14.1. The normalized spacial score (nSPS) is 10.4. The summed E-state index contributed by atoms with van der Waals surface area (Å²) >= 11 is 5.80. The van der Waals surface area contributed by atoms with Gasteiger partial charge < -0.3 is 15.8 Å². The van der Waals surface area contributed by atoms with Crippen molar-refractivity contribution in [1.82, 2.24) is 15.0 Å². The number of nitrogens with zero attached hydrogens (tertiary/aromatic N) is 3. The van der Waals surface area contributed by atoms with Gasteiger partial charge >= 0.3 is 0 Å². The number of pyridine rings is 1. The van der Waals surface area contributed by atoms with Crippen LogP contribution < -0.4 is 15.8 Å². The lowest BCUT2D eigenvalue weighted by Crippen LogP contribution is -2.04. The fourth-order valence-electron chi connectivity index (χ4n) is 1.99. The molecule has 0 aliphatic heterocycles. The summed E-state index contributed by atoms with van der Waals surface area (Å²) in [5.41, 5.74) is 6.23. The maximum Gasteiger partial charge on any atom is 0.223 e. The zero-order valence-electron chi connectivity index (χ0n) is 12.4. The summed E-state index contributed by atoms with van der Waals surface area (Å²) in [6.07, 6.45) is 3.13. The number of nitrogens with two attached hydrogens (primary N) is 1. The maximum atomic E-state index is 14.1. The first-order valence-electron chi connectivity index (χ1n) is 7.00. The minimum atomic E-state index is -0.474. The van der Waals surface area contributed by atoms with Gasteiger partial charge in [0, 0.05) is 18.8 Å². The van der Waals surface area contributed by atoms with Crippen LogP contribution >= 0.6 is 11.6 Å². The Labute approximate surface area is 142 Å². The molecule has 0 atom stereocenters. The molecular formula is C16H13ClFN5O. The largest absolute Gasteiger partial charge is 0.453 e. The number of aromatic nitrogens is 3. The van der Waals surface area contributed by atoms with Crippen molar-refractivity contribution in [2.24, 2.45) is 0 Å². The lowest BCUT2D eigenvalue weighted by atomic mass is 10.2. The van der Waals surface area contributed by atoms with E-state index in [1.54, 1.807) is 30.5 Å². The monoisotopic (exact) mass is 345 g/mol. The van der Waals surface area contributed by atoms with Crippen LogP contribution in [0.15, 0.2) is 48.8 Å². The summed E-state index contributed by atoms with van der Waals surface area (Å²) in [4.78, 5) is 11.7. The molecule has 2 heterocycles. The first-order valence-corrected chi connectivity index (χ1v) is 7.38. The zero-order chi connectivity index (χ0) is 16.9. The molecule has 8 heteroatoms. The highest BCUT2D eigenvalue weighted by Crippen LogP contribution is 2.24. The number of halogens is 2. The van der Waals surface area contributed by atoms with Gasteiger partial charge in [0.15, 0.2) is 11.6 Å². The van der Waals surface area contributed by atoms with E-state index in [2.05, 4.69) is 20.3 Å². The molecule has 0 saturated heterocycles. The Morgan fingerprint density at radius 2 is 2.08 bits per heavy atom. The minimum Gasteiger partial charge on any atom is -0.453 e. The Kier molecular flexibility index (Phi) is 4.72. The van der Waals surface area contributed by atoms with Gasteiger partial charge in [0.25, 0.3) is 0 Å². The van der Waals surface area contributed by atoms with Crippen molar-refractivity contribution in [2.45, 2.75) is 6.54 Å². The molecule has 0 aliphatic rings. The van der Waals surface area contributed by atoms with E-state index in [1.165, 1.54) is 18.3 Å². The molecule has 0 spiro atoms. The highest BCUT2D eigenvalue weighted by atomic mass is 35.5. The van der Waals surface area contributed by atoms with Crippen LogP contribution in [0.2, 0.25) is 5.15 Å². The number of ether oxygens (including phenoxy) is 1. The molecule has 0 saturated carbocycles. The van der Waals surface area contributed by atoms with Gasteiger partial charge in [0.2, 0.25) is 5.95 Å². The Hall–Kier alpha value is -2.93. The summed E-state index contributed by atoms with van der Waals surface area (Å²) in [5.74, 6) is 0.646. The molecule has 1 aromatic carbocycles. The van der Waals surface area contributed by atoms with Gasteiger partial charge in [-0.25, -0.2) is 9.37 Å². The van der Waals surface area contributed by atoms with Crippen molar-refractivity contribution < 1.29 is 9.13 Å². The lowest BCUT2D eigenvalue weighted by Gasteiger charge is -2.09. The average Bonchev–Trinajstić information content (AvgIpc) is 2.55. The number of anilines is 2. The molecule has 3 aromatic rings. The van der Waals surface area contributed by atoms with Crippen molar-refractivity contribution >= 4 is 23.4 Å². The molecule has 0 unspecified atom stereocenters. The second-order valence-electron chi connectivity index (χ2n) is 4.84. The number of nitrogens with one attached hydrogen (secondary N) is 1. The molecule has 0 radical (unpaired) electrons. The number of rotatable bonds is 5. The highest BCUT2D eigenvalue weighted by molar-refractivity contribution is 6.29. The first kappa shape index (κ1) is 15.9. The van der Waals surface area contributed by atoms with Crippen LogP contribution in [0.5, 0.6) is 11.5 Å². The van der Waals surface area contributed by atoms with Gasteiger partial charge in [-0.1, -0.05) is 17.7 Å². The van der Waals surface area contributed by atoms with Gasteiger partial charge in [0.1, 0.15) is 16.7 Å². The summed E-state index contributed by atoms with van der Waals surface area (Å²) in [6, 6.07) is 9.63. The van der Waals surface area contributed by atoms with Crippen LogP contribution in [-0.2, 0) is 6.54 Å². The number of nitrogen functional groups attached to an aromatic ring is 1. The average molecular weight is 346 g/mol. The van der Waals surface area contributed by atoms with Gasteiger partial charge in [-0.3, -0.25) is 4.98 Å².